The maximum Gasteiger partial charge on any atom is 0.330 e. The number of fused-ring (bicyclic) bond motifs is 4. The lowest BCUT2D eigenvalue weighted by Gasteiger charge is -2.63. The highest BCUT2D eigenvalue weighted by Gasteiger charge is 2.69. The molecule has 0 radical (unpaired) electrons. The van der Waals surface area contributed by atoms with Crippen molar-refractivity contribution >= 4 is 23.9 Å². The predicted molar refractivity (Wildman–Crippen MR) is 168 cm³/mol. The lowest BCUT2D eigenvalue weighted by Crippen LogP contribution is -2.60. The van der Waals surface area contributed by atoms with Crippen LogP contribution in [0, 0.1) is 39.4 Å². The van der Waals surface area contributed by atoms with Gasteiger partial charge in [0.2, 0.25) is 0 Å². The summed E-state index contributed by atoms with van der Waals surface area (Å²) < 4.78 is 17.8. The summed E-state index contributed by atoms with van der Waals surface area (Å²) in [6.07, 6.45) is 4.04. The van der Waals surface area contributed by atoms with E-state index in [1.54, 1.807) is 6.08 Å². The maximum atomic E-state index is 12.6. The molecule has 45 heavy (non-hydrogen) atoms. The highest BCUT2D eigenvalue weighted by atomic mass is 16.6. The fourth-order valence-corrected chi connectivity index (χ4v) is 10.5. The van der Waals surface area contributed by atoms with Gasteiger partial charge >= 0.3 is 23.9 Å². The number of aliphatic hydroxyl groups is 1. The number of ether oxygens (including phenoxy) is 3. The highest BCUT2D eigenvalue weighted by molar-refractivity contribution is 5.85. The third-order valence-electron chi connectivity index (χ3n) is 12.9. The van der Waals surface area contributed by atoms with Gasteiger partial charge in [-0.2, -0.15) is 0 Å². The molecule has 9 heteroatoms. The van der Waals surface area contributed by atoms with E-state index in [9.17, 15) is 29.4 Å². The zero-order valence-corrected chi connectivity index (χ0v) is 28.8. The van der Waals surface area contributed by atoms with E-state index in [-0.39, 0.29) is 58.6 Å². The SMILES string of the molecule is CC(=O)OC(C/C=C(\C)C(=O)O)[C@@H](C)[C@H]1CC(OC(C)=O)[C@@]2(C)C3=C(CC[C@]12C)[C@@]1(C)CCC(OC(C)=O)C(C)(C)[C@@H]1CC3O. The van der Waals surface area contributed by atoms with Gasteiger partial charge in [-0.3, -0.25) is 14.4 Å². The van der Waals surface area contributed by atoms with Crippen LogP contribution in [0.5, 0.6) is 0 Å². The average Bonchev–Trinajstić information content (AvgIpc) is 3.15. The smallest absolute Gasteiger partial charge is 0.330 e. The Bertz CT molecular complexity index is 1290. The molecule has 9 nitrogen and oxygen atoms in total. The largest absolute Gasteiger partial charge is 0.478 e. The van der Waals surface area contributed by atoms with Gasteiger partial charge in [0.25, 0.3) is 0 Å². The summed E-state index contributed by atoms with van der Waals surface area (Å²) in [5.74, 6) is -2.25. The maximum absolute atomic E-state index is 12.6. The molecular formula is C36H54O9. The van der Waals surface area contributed by atoms with Crippen LogP contribution in [-0.4, -0.2) is 58.5 Å². The molecule has 0 amide bonds. The second-order valence-corrected chi connectivity index (χ2v) is 15.6. The third-order valence-corrected chi connectivity index (χ3v) is 12.9. The Labute approximate surface area is 268 Å². The van der Waals surface area contributed by atoms with E-state index in [0.29, 0.717) is 12.8 Å². The Hall–Kier alpha value is -2.68. The molecular weight excluding hydrogens is 576 g/mol. The van der Waals surface area contributed by atoms with E-state index >= 15 is 0 Å². The van der Waals surface area contributed by atoms with Crippen molar-refractivity contribution < 1.29 is 43.6 Å². The summed E-state index contributed by atoms with van der Waals surface area (Å²) in [4.78, 5) is 48.3. The minimum atomic E-state index is -1.02. The Morgan fingerprint density at radius 3 is 2.07 bits per heavy atom. The van der Waals surface area contributed by atoms with Gasteiger partial charge in [0.1, 0.15) is 18.3 Å². The van der Waals surface area contributed by atoms with Crippen molar-refractivity contribution in [2.45, 2.75) is 139 Å². The third kappa shape index (κ3) is 5.76. The number of hydrogen-bond acceptors (Lipinski definition) is 8. The minimum absolute atomic E-state index is 0.0438. The van der Waals surface area contributed by atoms with Gasteiger partial charge < -0.3 is 24.4 Å². The van der Waals surface area contributed by atoms with Gasteiger partial charge in [-0.25, -0.2) is 4.79 Å². The number of hydrogen-bond donors (Lipinski definition) is 2. The normalized spacial score (nSPS) is 38.6. The molecule has 0 aromatic carbocycles. The summed E-state index contributed by atoms with van der Waals surface area (Å²) >= 11 is 0. The fraction of sp³-hybridized carbons (Fsp3) is 0.778. The van der Waals surface area contributed by atoms with Crippen LogP contribution in [-0.2, 0) is 33.4 Å². The second kappa shape index (κ2) is 12.2. The Morgan fingerprint density at radius 2 is 1.51 bits per heavy atom. The van der Waals surface area contributed by atoms with E-state index < -0.39 is 41.1 Å². The number of esters is 3. The van der Waals surface area contributed by atoms with Crippen LogP contribution < -0.4 is 0 Å². The summed E-state index contributed by atoms with van der Waals surface area (Å²) in [5.41, 5.74) is 0.772. The van der Waals surface area contributed by atoms with Gasteiger partial charge in [-0.15, -0.1) is 0 Å². The number of aliphatic carboxylic acids is 1. The van der Waals surface area contributed by atoms with Crippen molar-refractivity contribution in [3.8, 4) is 0 Å². The Morgan fingerprint density at radius 1 is 0.911 bits per heavy atom. The van der Waals surface area contributed by atoms with Gasteiger partial charge in [0.15, 0.2) is 0 Å². The highest BCUT2D eigenvalue weighted by Crippen LogP contribution is 2.73. The number of aliphatic hydroxyl groups excluding tert-OH is 1. The van der Waals surface area contributed by atoms with Gasteiger partial charge in [-0.05, 0) is 79.6 Å². The first-order valence-electron chi connectivity index (χ1n) is 16.6. The molecule has 0 heterocycles. The van der Waals surface area contributed by atoms with Crippen molar-refractivity contribution in [2.75, 3.05) is 0 Å². The second-order valence-electron chi connectivity index (χ2n) is 15.6. The van der Waals surface area contributed by atoms with Gasteiger partial charge in [-0.1, -0.05) is 53.2 Å². The molecule has 4 rings (SSSR count). The molecule has 2 N–H and O–H groups in total. The lowest BCUT2D eigenvalue weighted by molar-refractivity contribution is -0.171. The van der Waals surface area contributed by atoms with Crippen LogP contribution >= 0.6 is 0 Å². The van der Waals surface area contributed by atoms with Crippen molar-refractivity contribution in [3.63, 3.8) is 0 Å². The summed E-state index contributed by atoms with van der Waals surface area (Å²) in [6, 6.07) is 0. The molecule has 0 spiro atoms. The quantitative estimate of drug-likeness (QED) is 0.140. The molecule has 0 aromatic heterocycles. The molecule has 4 aliphatic carbocycles. The van der Waals surface area contributed by atoms with Crippen molar-refractivity contribution in [3.05, 3.63) is 22.8 Å². The predicted octanol–water partition coefficient (Wildman–Crippen LogP) is 6.17. The summed E-state index contributed by atoms with van der Waals surface area (Å²) in [7, 11) is 0. The lowest BCUT2D eigenvalue weighted by atomic mass is 9.42. The van der Waals surface area contributed by atoms with E-state index in [2.05, 4.69) is 34.6 Å². The molecule has 252 valence electrons. The molecule has 0 aromatic rings. The molecule has 10 atom stereocenters. The first kappa shape index (κ1) is 35.2. The number of rotatable bonds is 8. The molecule has 2 saturated carbocycles. The number of allylic oxidation sites excluding steroid dienone is 1. The van der Waals surface area contributed by atoms with Gasteiger partial charge in [0.05, 0.1) is 6.10 Å². The fourth-order valence-electron chi connectivity index (χ4n) is 10.5. The van der Waals surface area contributed by atoms with Crippen molar-refractivity contribution in [2.24, 2.45) is 39.4 Å². The zero-order chi connectivity index (χ0) is 33.9. The molecule has 4 unspecified atom stereocenters. The average molecular weight is 631 g/mol. The summed E-state index contributed by atoms with van der Waals surface area (Å²) in [5, 5.41) is 21.6. The first-order chi connectivity index (χ1) is 20.7. The number of carbonyl (C=O) groups is 4. The first-order valence-corrected chi connectivity index (χ1v) is 16.6. The van der Waals surface area contributed by atoms with Gasteiger partial charge in [0, 0.05) is 43.6 Å². The van der Waals surface area contributed by atoms with E-state index in [4.69, 9.17) is 14.2 Å². The molecule has 0 aliphatic heterocycles. The molecule has 0 saturated heterocycles. The van der Waals surface area contributed by atoms with E-state index in [1.807, 2.05) is 6.92 Å². The monoisotopic (exact) mass is 630 g/mol. The Kier molecular flexibility index (Phi) is 9.51. The number of carbonyl (C=O) groups excluding carboxylic acids is 3. The van der Waals surface area contributed by atoms with E-state index in [0.717, 1.165) is 31.3 Å². The zero-order valence-electron chi connectivity index (χ0n) is 28.8. The molecule has 0 bridgehead atoms. The molecule has 2 fully saturated rings. The van der Waals surface area contributed by atoms with Crippen LogP contribution in [0.4, 0.5) is 0 Å². The van der Waals surface area contributed by atoms with Crippen LogP contribution in [0.15, 0.2) is 22.8 Å². The van der Waals surface area contributed by atoms with Crippen molar-refractivity contribution in [1.29, 1.82) is 0 Å². The van der Waals surface area contributed by atoms with Crippen molar-refractivity contribution in [1.82, 2.24) is 0 Å². The van der Waals surface area contributed by atoms with Crippen LogP contribution in [0.3, 0.4) is 0 Å². The number of carboxylic acid groups (broad SMARTS) is 1. The topological polar surface area (TPSA) is 136 Å². The van der Waals surface area contributed by atoms with Crippen LogP contribution in [0.25, 0.3) is 0 Å². The summed E-state index contributed by atoms with van der Waals surface area (Å²) in [6.45, 7) is 18.8. The van der Waals surface area contributed by atoms with Crippen LogP contribution in [0.2, 0.25) is 0 Å². The standard InChI is InChI=1S/C36H54O9/c1-19(32(41)42)11-12-27(43-21(3)37)20(2)25-17-30(45-23(5)39)36(10)31-24(13-16-35(25,36)9)34(8)15-14-29(44-22(4)38)33(6,7)28(34)18-26(31)40/h11,20,25-30,40H,12-18H2,1-10H3,(H,41,42)/b19-11+/t20-,25+,26?,27?,28-,29?,30?,34+,35+,36-/m0/s1. The number of carboxylic acids is 1. The van der Waals surface area contributed by atoms with E-state index in [1.165, 1.54) is 33.3 Å². The van der Waals surface area contributed by atoms with Crippen LogP contribution in [0.1, 0.15) is 114 Å². The molecule has 4 aliphatic rings. The Balaban J connectivity index is 1.81. The minimum Gasteiger partial charge on any atom is -0.478 e.